The maximum absolute atomic E-state index is 4.95. The number of hydrogen-bond donors (Lipinski definition) is 0. The molecule has 0 atom stereocenters. The lowest BCUT2D eigenvalue weighted by Crippen LogP contribution is -1.95. The van der Waals surface area contributed by atoms with Gasteiger partial charge in [-0.15, -0.1) is 0 Å². The summed E-state index contributed by atoms with van der Waals surface area (Å²) in [6, 6.07) is 18.9. The second-order valence-electron chi connectivity index (χ2n) is 6.57. The molecule has 0 amide bonds. The molecule has 25 heavy (non-hydrogen) atoms. The molecule has 0 fully saturated rings. The number of fused-ring (bicyclic) bond motifs is 6. The first-order valence-electron chi connectivity index (χ1n) is 8.44. The van der Waals surface area contributed by atoms with E-state index in [1.165, 1.54) is 11.1 Å². The SMILES string of the molecule is Cc1ccccc1-c1cc2c3c(nc(C)n3C)c3ccccc3n2n1. The van der Waals surface area contributed by atoms with Crippen molar-refractivity contribution in [2.45, 2.75) is 13.8 Å². The van der Waals surface area contributed by atoms with Crippen molar-refractivity contribution < 1.29 is 0 Å². The largest absolute Gasteiger partial charge is 0.330 e. The number of benzene rings is 2. The molecule has 0 saturated heterocycles. The third-order valence-corrected chi connectivity index (χ3v) is 5.08. The molecule has 3 aromatic heterocycles. The van der Waals surface area contributed by atoms with Crippen LogP contribution < -0.4 is 0 Å². The van der Waals surface area contributed by atoms with Crippen LogP contribution in [-0.2, 0) is 7.05 Å². The first kappa shape index (κ1) is 14.2. The van der Waals surface area contributed by atoms with Crippen LogP contribution >= 0.6 is 0 Å². The van der Waals surface area contributed by atoms with E-state index in [2.05, 4.69) is 77.7 Å². The van der Waals surface area contributed by atoms with E-state index in [1.54, 1.807) is 0 Å². The predicted molar refractivity (Wildman–Crippen MR) is 102 cm³/mol. The minimum absolute atomic E-state index is 0.995. The van der Waals surface area contributed by atoms with Gasteiger partial charge >= 0.3 is 0 Å². The average molecular weight is 326 g/mol. The Morgan fingerprint density at radius 2 is 1.64 bits per heavy atom. The minimum atomic E-state index is 0.995. The summed E-state index contributed by atoms with van der Waals surface area (Å²) in [5.74, 6) is 1.01. The second-order valence-corrected chi connectivity index (χ2v) is 6.57. The molecule has 0 bridgehead atoms. The monoisotopic (exact) mass is 326 g/mol. The molecule has 2 aromatic carbocycles. The van der Waals surface area contributed by atoms with Crippen LogP contribution in [0.4, 0.5) is 0 Å². The van der Waals surface area contributed by atoms with Crippen molar-refractivity contribution >= 4 is 27.5 Å². The Morgan fingerprint density at radius 3 is 2.48 bits per heavy atom. The van der Waals surface area contributed by atoms with E-state index in [0.29, 0.717) is 0 Å². The van der Waals surface area contributed by atoms with Crippen LogP contribution in [0.25, 0.3) is 38.7 Å². The van der Waals surface area contributed by atoms with Crippen molar-refractivity contribution in [1.29, 1.82) is 0 Å². The van der Waals surface area contributed by atoms with Gasteiger partial charge in [0, 0.05) is 18.0 Å². The smallest absolute Gasteiger partial charge is 0.106 e. The standard InChI is InChI=1S/C21H18N4/c1-13-8-4-5-9-15(13)17-12-19-21-20(22-14(2)24(21)3)16-10-6-7-11-18(16)25(19)23-17/h4-12H,1-3H3. The van der Waals surface area contributed by atoms with Gasteiger partial charge in [0.05, 0.1) is 22.2 Å². The minimum Gasteiger partial charge on any atom is -0.330 e. The van der Waals surface area contributed by atoms with E-state index >= 15 is 0 Å². The molecule has 5 rings (SSSR count). The van der Waals surface area contributed by atoms with Crippen molar-refractivity contribution in [3.8, 4) is 11.3 Å². The topological polar surface area (TPSA) is 35.1 Å². The zero-order valence-corrected chi connectivity index (χ0v) is 14.5. The Morgan fingerprint density at radius 1 is 0.880 bits per heavy atom. The quantitative estimate of drug-likeness (QED) is 0.449. The normalized spacial score (nSPS) is 11.8. The highest BCUT2D eigenvalue weighted by molar-refractivity contribution is 6.09. The summed E-state index contributed by atoms with van der Waals surface area (Å²) in [6.45, 7) is 4.17. The third-order valence-electron chi connectivity index (χ3n) is 5.08. The highest BCUT2D eigenvalue weighted by Crippen LogP contribution is 2.32. The van der Waals surface area contributed by atoms with E-state index in [9.17, 15) is 0 Å². The van der Waals surface area contributed by atoms with Gasteiger partial charge in [-0.05, 0) is 31.5 Å². The first-order chi connectivity index (χ1) is 12.1. The lowest BCUT2D eigenvalue weighted by atomic mass is 10.1. The average Bonchev–Trinajstić information content (AvgIpc) is 3.18. The summed E-state index contributed by atoms with van der Waals surface area (Å²) in [5, 5.41) is 6.08. The first-order valence-corrected chi connectivity index (χ1v) is 8.44. The fourth-order valence-electron chi connectivity index (χ4n) is 3.68. The molecule has 3 heterocycles. The van der Waals surface area contributed by atoms with E-state index in [1.807, 2.05) is 6.92 Å². The summed E-state index contributed by atoms with van der Waals surface area (Å²) in [4.78, 5) is 4.81. The Labute approximate surface area is 145 Å². The summed E-state index contributed by atoms with van der Waals surface area (Å²) < 4.78 is 4.21. The van der Waals surface area contributed by atoms with Crippen LogP contribution in [0.2, 0.25) is 0 Å². The van der Waals surface area contributed by atoms with Gasteiger partial charge in [0.1, 0.15) is 11.3 Å². The summed E-state index contributed by atoms with van der Waals surface area (Å²) >= 11 is 0. The number of hydrogen-bond acceptors (Lipinski definition) is 2. The van der Waals surface area contributed by atoms with Gasteiger partial charge in [-0.1, -0.05) is 42.5 Å². The molecule has 0 N–H and O–H groups in total. The molecule has 0 saturated carbocycles. The maximum atomic E-state index is 4.95. The van der Waals surface area contributed by atoms with Crippen molar-refractivity contribution in [2.75, 3.05) is 0 Å². The second kappa shape index (κ2) is 4.93. The number of aryl methyl sites for hydroxylation is 3. The summed E-state index contributed by atoms with van der Waals surface area (Å²) in [7, 11) is 2.07. The van der Waals surface area contributed by atoms with Gasteiger partial charge in [0.15, 0.2) is 0 Å². The van der Waals surface area contributed by atoms with Gasteiger partial charge in [-0.2, -0.15) is 5.10 Å². The fraction of sp³-hybridized carbons (Fsp3) is 0.143. The van der Waals surface area contributed by atoms with Crippen LogP contribution in [0.15, 0.2) is 54.6 Å². The van der Waals surface area contributed by atoms with Gasteiger partial charge in [0.2, 0.25) is 0 Å². The zero-order chi connectivity index (χ0) is 17.1. The molecule has 4 heteroatoms. The molecule has 0 aliphatic rings. The molecule has 0 spiro atoms. The van der Waals surface area contributed by atoms with Gasteiger partial charge in [0.25, 0.3) is 0 Å². The van der Waals surface area contributed by atoms with Gasteiger partial charge < -0.3 is 4.57 Å². The van der Waals surface area contributed by atoms with Crippen LogP contribution in [0, 0.1) is 13.8 Å². The van der Waals surface area contributed by atoms with E-state index < -0.39 is 0 Å². The Hall–Kier alpha value is -3.14. The van der Waals surface area contributed by atoms with Gasteiger partial charge in [-0.3, -0.25) is 0 Å². The van der Waals surface area contributed by atoms with E-state index in [-0.39, 0.29) is 0 Å². The molecule has 0 aliphatic heterocycles. The maximum Gasteiger partial charge on any atom is 0.106 e. The van der Waals surface area contributed by atoms with Crippen molar-refractivity contribution in [3.05, 3.63) is 66.0 Å². The number of rotatable bonds is 1. The number of imidazole rings is 1. The molecule has 0 radical (unpaired) electrons. The van der Waals surface area contributed by atoms with Gasteiger partial charge in [-0.25, -0.2) is 9.50 Å². The lowest BCUT2D eigenvalue weighted by molar-refractivity contribution is 0.885. The zero-order valence-electron chi connectivity index (χ0n) is 14.5. The number of nitrogens with zero attached hydrogens (tertiary/aromatic N) is 4. The molecular weight excluding hydrogens is 308 g/mol. The Bertz CT molecular complexity index is 1270. The van der Waals surface area contributed by atoms with Crippen LogP contribution in [0.3, 0.4) is 0 Å². The molecule has 5 aromatic rings. The number of aromatic nitrogens is 4. The van der Waals surface area contributed by atoms with Crippen LogP contribution in [0.5, 0.6) is 0 Å². The highest BCUT2D eigenvalue weighted by atomic mass is 15.2. The fourth-order valence-corrected chi connectivity index (χ4v) is 3.68. The number of para-hydroxylation sites is 1. The molecular formula is C21H18N4. The van der Waals surface area contributed by atoms with Crippen molar-refractivity contribution in [3.63, 3.8) is 0 Å². The molecule has 0 aliphatic carbocycles. The van der Waals surface area contributed by atoms with Crippen LogP contribution in [-0.4, -0.2) is 19.2 Å². The summed E-state index contributed by atoms with van der Waals surface area (Å²) in [6.07, 6.45) is 0. The number of pyridine rings is 1. The predicted octanol–water partition coefficient (Wildman–Crippen LogP) is 4.66. The highest BCUT2D eigenvalue weighted by Gasteiger charge is 2.17. The summed E-state index contributed by atoms with van der Waals surface area (Å²) in [5.41, 5.74) is 7.74. The van der Waals surface area contributed by atoms with Crippen LogP contribution in [0.1, 0.15) is 11.4 Å². The van der Waals surface area contributed by atoms with E-state index in [0.717, 1.165) is 39.0 Å². The molecule has 0 unspecified atom stereocenters. The lowest BCUT2D eigenvalue weighted by Gasteiger charge is -2.05. The van der Waals surface area contributed by atoms with Crippen molar-refractivity contribution in [2.24, 2.45) is 7.05 Å². The Balaban J connectivity index is 2.00. The molecule has 4 nitrogen and oxygen atoms in total. The van der Waals surface area contributed by atoms with Crippen molar-refractivity contribution in [1.82, 2.24) is 19.2 Å². The molecule has 122 valence electrons. The third kappa shape index (κ3) is 1.88. The van der Waals surface area contributed by atoms with E-state index in [4.69, 9.17) is 10.1 Å². The Kier molecular flexibility index (Phi) is 2.80.